The van der Waals surface area contributed by atoms with Crippen molar-refractivity contribution in [3.8, 4) is 0 Å². The van der Waals surface area contributed by atoms with Gasteiger partial charge >= 0.3 is 0 Å². The van der Waals surface area contributed by atoms with Gasteiger partial charge in [0, 0.05) is 6.61 Å². The molecule has 0 aliphatic heterocycles. The summed E-state index contributed by atoms with van der Waals surface area (Å²) >= 11 is 0. The van der Waals surface area contributed by atoms with Gasteiger partial charge in [-0.3, -0.25) is 0 Å². The van der Waals surface area contributed by atoms with Crippen molar-refractivity contribution in [2.75, 3.05) is 6.61 Å². The summed E-state index contributed by atoms with van der Waals surface area (Å²) < 4.78 is 5.73. The summed E-state index contributed by atoms with van der Waals surface area (Å²) in [4.78, 5) is 0. The third kappa shape index (κ3) is 2.68. The Morgan fingerprint density at radius 1 is 1.08 bits per heavy atom. The molecule has 2 aliphatic carbocycles. The highest BCUT2D eigenvalue weighted by molar-refractivity contribution is 4.79. The number of ether oxygens (including phenoxy) is 1. The maximum Gasteiger partial charge on any atom is 0.0624 e. The van der Waals surface area contributed by atoms with Crippen LogP contribution in [-0.4, -0.2) is 23.9 Å². The monoisotopic (exact) mass is 184 g/mol. The zero-order chi connectivity index (χ0) is 9.10. The molecule has 0 heterocycles. The lowest BCUT2D eigenvalue weighted by molar-refractivity contribution is -0.0826. The van der Waals surface area contributed by atoms with E-state index in [0.717, 1.165) is 25.4 Å². The van der Waals surface area contributed by atoms with Crippen LogP contribution in [0.15, 0.2) is 0 Å². The Balaban J connectivity index is 1.56. The SMILES string of the molecule is OC1CC(OCC2CCCCC2)C1. The summed E-state index contributed by atoms with van der Waals surface area (Å²) in [6.07, 6.45) is 8.94. The Bertz CT molecular complexity index is 146. The van der Waals surface area contributed by atoms with E-state index in [0.29, 0.717) is 6.10 Å². The van der Waals surface area contributed by atoms with Crippen molar-refractivity contribution in [1.29, 1.82) is 0 Å². The number of hydrogen-bond acceptors (Lipinski definition) is 2. The molecule has 0 bridgehead atoms. The van der Waals surface area contributed by atoms with Gasteiger partial charge in [-0.05, 0) is 31.6 Å². The van der Waals surface area contributed by atoms with Gasteiger partial charge in [-0.25, -0.2) is 0 Å². The van der Waals surface area contributed by atoms with Crippen LogP contribution in [0.1, 0.15) is 44.9 Å². The molecule has 0 aromatic heterocycles. The van der Waals surface area contributed by atoms with Crippen molar-refractivity contribution in [3.63, 3.8) is 0 Å². The average molecular weight is 184 g/mol. The number of aliphatic hydroxyl groups excluding tert-OH is 1. The summed E-state index contributed by atoms with van der Waals surface area (Å²) in [5.41, 5.74) is 0. The van der Waals surface area contributed by atoms with Crippen LogP contribution >= 0.6 is 0 Å². The molecule has 2 heteroatoms. The van der Waals surface area contributed by atoms with Crippen LogP contribution in [0, 0.1) is 5.92 Å². The topological polar surface area (TPSA) is 29.5 Å². The van der Waals surface area contributed by atoms with Crippen LogP contribution in [0.3, 0.4) is 0 Å². The van der Waals surface area contributed by atoms with Crippen LogP contribution in [0.5, 0.6) is 0 Å². The molecule has 0 unspecified atom stereocenters. The second-order valence-corrected chi connectivity index (χ2v) is 4.58. The maximum atomic E-state index is 9.08. The standard InChI is InChI=1S/C11H20O2/c12-10-6-11(7-10)13-8-9-4-2-1-3-5-9/h9-12H,1-8H2. The quantitative estimate of drug-likeness (QED) is 0.728. The molecule has 2 rings (SSSR count). The van der Waals surface area contributed by atoms with Crippen molar-refractivity contribution < 1.29 is 9.84 Å². The van der Waals surface area contributed by atoms with Gasteiger partial charge in [-0.1, -0.05) is 19.3 Å². The van der Waals surface area contributed by atoms with Gasteiger partial charge in [-0.2, -0.15) is 0 Å². The molecule has 0 radical (unpaired) electrons. The van der Waals surface area contributed by atoms with Crippen LogP contribution in [0.2, 0.25) is 0 Å². The van der Waals surface area contributed by atoms with Gasteiger partial charge in [0.25, 0.3) is 0 Å². The molecule has 0 spiro atoms. The predicted octanol–water partition coefficient (Wildman–Crippen LogP) is 2.11. The summed E-state index contributed by atoms with van der Waals surface area (Å²) in [6, 6.07) is 0. The molecule has 0 saturated heterocycles. The van der Waals surface area contributed by atoms with E-state index < -0.39 is 0 Å². The van der Waals surface area contributed by atoms with Crippen LogP contribution in [0.25, 0.3) is 0 Å². The molecule has 2 fully saturated rings. The molecule has 0 aromatic rings. The van der Waals surface area contributed by atoms with Crippen molar-refractivity contribution in [2.24, 2.45) is 5.92 Å². The summed E-state index contributed by atoms with van der Waals surface area (Å²) in [5.74, 6) is 0.812. The van der Waals surface area contributed by atoms with E-state index in [2.05, 4.69) is 0 Å². The highest BCUT2D eigenvalue weighted by Gasteiger charge is 2.28. The van der Waals surface area contributed by atoms with Gasteiger partial charge in [0.2, 0.25) is 0 Å². The minimum atomic E-state index is -0.0728. The minimum absolute atomic E-state index is 0.0728. The fourth-order valence-electron chi connectivity index (χ4n) is 2.30. The first-order valence-electron chi connectivity index (χ1n) is 5.64. The predicted molar refractivity (Wildman–Crippen MR) is 51.6 cm³/mol. The lowest BCUT2D eigenvalue weighted by Gasteiger charge is -2.33. The maximum absolute atomic E-state index is 9.08. The Morgan fingerprint density at radius 2 is 1.77 bits per heavy atom. The minimum Gasteiger partial charge on any atom is -0.393 e. The van der Waals surface area contributed by atoms with Gasteiger partial charge in [0.05, 0.1) is 12.2 Å². The second-order valence-electron chi connectivity index (χ2n) is 4.58. The first kappa shape index (κ1) is 9.47. The van der Waals surface area contributed by atoms with E-state index >= 15 is 0 Å². The molecular formula is C11H20O2. The van der Waals surface area contributed by atoms with Crippen molar-refractivity contribution >= 4 is 0 Å². The fourth-order valence-corrected chi connectivity index (χ4v) is 2.30. The Hall–Kier alpha value is -0.0800. The van der Waals surface area contributed by atoms with E-state index in [-0.39, 0.29) is 6.10 Å². The normalized spacial score (nSPS) is 35.8. The molecule has 0 amide bonds. The third-order valence-corrected chi connectivity index (χ3v) is 3.36. The molecule has 2 aliphatic rings. The number of rotatable bonds is 3. The Labute approximate surface area is 80.3 Å². The second kappa shape index (κ2) is 4.43. The van der Waals surface area contributed by atoms with Crippen molar-refractivity contribution in [2.45, 2.75) is 57.2 Å². The lowest BCUT2D eigenvalue weighted by Crippen LogP contribution is -2.36. The Kier molecular flexibility index (Phi) is 3.23. The first-order chi connectivity index (χ1) is 6.34. The number of aliphatic hydroxyl groups is 1. The highest BCUT2D eigenvalue weighted by atomic mass is 16.5. The molecule has 2 nitrogen and oxygen atoms in total. The smallest absolute Gasteiger partial charge is 0.0624 e. The highest BCUT2D eigenvalue weighted by Crippen LogP contribution is 2.27. The molecular weight excluding hydrogens is 164 g/mol. The van der Waals surface area contributed by atoms with E-state index in [1.807, 2.05) is 0 Å². The average Bonchev–Trinajstić information content (AvgIpc) is 2.12. The van der Waals surface area contributed by atoms with Crippen molar-refractivity contribution in [3.05, 3.63) is 0 Å². The number of hydrogen-bond donors (Lipinski definition) is 1. The zero-order valence-corrected chi connectivity index (χ0v) is 8.24. The zero-order valence-electron chi connectivity index (χ0n) is 8.24. The van der Waals surface area contributed by atoms with E-state index in [9.17, 15) is 0 Å². The van der Waals surface area contributed by atoms with E-state index in [1.54, 1.807) is 0 Å². The summed E-state index contributed by atoms with van der Waals surface area (Å²) in [5, 5.41) is 9.08. The molecule has 76 valence electrons. The van der Waals surface area contributed by atoms with Gasteiger partial charge < -0.3 is 9.84 Å². The van der Waals surface area contributed by atoms with E-state index in [1.165, 1.54) is 32.1 Å². The molecule has 2 saturated carbocycles. The molecule has 1 N–H and O–H groups in total. The fraction of sp³-hybridized carbons (Fsp3) is 1.00. The van der Waals surface area contributed by atoms with Gasteiger partial charge in [0.15, 0.2) is 0 Å². The van der Waals surface area contributed by atoms with Gasteiger partial charge in [0.1, 0.15) is 0 Å². The molecule has 0 atom stereocenters. The van der Waals surface area contributed by atoms with Gasteiger partial charge in [-0.15, -0.1) is 0 Å². The molecule has 13 heavy (non-hydrogen) atoms. The molecule has 0 aromatic carbocycles. The van der Waals surface area contributed by atoms with Crippen molar-refractivity contribution in [1.82, 2.24) is 0 Å². The third-order valence-electron chi connectivity index (χ3n) is 3.36. The first-order valence-corrected chi connectivity index (χ1v) is 5.64. The van der Waals surface area contributed by atoms with Crippen LogP contribution in [0.4, 0.5) is 0 Å². The summed E-state index contributed by atoms with van der Waals surface area (Å²) in [7, 11) is 0. The lowest BCUT2D eigenvalue weighted by atomic mass is 9.89. The largest absolute Gasteiger partial charge is 0.393 e. The van der Waals surface area contributed by atoms with E-state index in [4.69, 9.17) is 9.84 Å². The summed E-state index contributed by atoms with van der Waals surface area (Å²) in [6.45, 7) is 0.942. The van der Waals surface area contributed by atoms with Crippen LogP contribution < -0.4 is 0 Å². The Morgan fingerprint density at radius 3 is 2.38 bits per heavy atom. The van der Waals surface area contributed by atoms with Crippen LogP contribution in [-0.2, 0) is 4.74 Å².